The minimum absolute atomic E-state index is 0.274. The molecular formula is C15H21N3O. The Labute approximate surface area is 114 Å². The second kappa shape index (κ2) is 5.61. The Hall–Kier alpha value is -1.55. The summed E-state index contributed by atoms with van der Waals surface area (Å²) in [6.45, 7) is 3.88. The van der Waals surface area contributed by atoms with Crippen LogP contribution in [0.1, 0.15) is 17.5 Å². The lowest BCUT2D eigenvalue weighted by Crippen LogP contribution is -2.39. The molecule has 1 atom stereocenters. The maximum absolute atomic E-state index is 6.03. The zero-order valence-corrected chi connectivity index (χ0v) is 11.4. The standard InChI is InChI=1S/C15H21N3O/c1-16-15(19-14-6-8-17-10-14)18-9-7-12-4-2-3-5-13(12)11-18/h2-5,14,17H,6-11H2,1H3/t14-/m1/s1. The van der Waals surface area contributed by atoms with Crippen LogP contribution >= 0.6 is 0 Å². The molecule has 0 spiro atoms. The Morgan fingerprint density at radius 3 is 2.95 bits per heavy atom. The molecule has 4 heteroatoms. The topological polar surface area (TPSA) is 36.9 Å². The number of nitrogens with zero attached hydrogens (tertiary/aromatic N) is 2. The van der Waals surface area contributed by atoms with Gasteiger partial charge in [-0.15, -0.1) is 0 Å². The van der Waals surface area contributed by atoms with Crippen LogP contribution in [0.2, 0.25) is 0 Å². The molecule has 4 nitrogen and oxygen atoms in total. The maximum atomic E-state index is 6.03. The number of hydrogen-bond donors (Lipinski definition) is 1. The molecule has 2 aliphatic rings. The lowest BCUT2D eigenvalue weighted by atomic mass is 10.0. The Kier molecular flexibility index (Phi) is 3.69. The molecule has 1 aromatic rings. The van der Waals surface area contributed by atoms with Crippen molar-refractivity contribution in [2.45, 2.75) is 25.5 Å². The van der Waals surface area contributed by atoms with Gasteiger partial charge < -0.3 is 15.0 Å². The Bertz CT molecular complexity index is 466. The number of amidine groups is 1. The van der Waals surface area contributed by atoms with Crippen molar-refractivity contribution in [3.05, 3.63) is 35.4 Å². The van der Waals surface area contributed by atoms with Gasteiger partial charge in [-0.2, -0.15) is 0 Å². The fraction of sp³-hybridized carbons (Fsp3) is 0.533. The van der Waals surface area contributed by atoms with Gasteiger partial charge in [-0.1, -0.05) is 24.3 Å². The zero-order valence-electron chi connectivity index (χ0n) is 11.4. The Balaban J connectivity index is 1.68. The van der Waals surface area contributed by atoms with E-state index in [1.807, 2.05) is 7.05 Å². The van der Waals surface area contributed by atoms with Gasteiger partial charge in [0.15, 0.2) is 0 Å². The summed E-state index contributed by atoms with van der Waals surface area (Å²) >= 11 is 0. The van der Waals surface area contributed by atoms with Crippen molar-refractivity contribution in [1.29, 1.82) is 0 Å². The van der Waals surface area contributed by atoms with Crippen LogP contribution in [0.25, 0.3) is 0 Å². The van der Waals surface area contributed by atoms with Crippen molar-refractivity contribution in [3.8, 4) is 0 Å². The van der Waals surface area contributed by atoms with Crippen molar-refractivity contribution in [1.82, 2.24) is 10.2 Å². The third-order valence-electron chi connectivity index (χ3n) is 3.88. The van der Waals surface area contributed by atoms with Gasteiger partial charge in [0.25, 0.3) is 6.02 Å². The van der Waals surface area contributed by atoms with E-state index in [0.717, 1.165) is 45.0 Å². The van der Waals surface area contributed by atoms with Crippen LogP contribution in [0.15, 0.2) is 29.3 Å². The summed E-state index contributed by atoms with van der Waals surface area (Å²) in [7, 11) is 1.82. The molecule has 1 aromatic carbocycles. The van der Waals surface area contributed by atoms with Crippen LogP contribution in [0, 0.1) is 0 Å². The highest BCUT2D eigenvalue weighted by atomic mass is 16.5. The lowest BCUT2D eigenvalue weighted by molar-refractivity contribution is 0.158. The first-order chi connectivity index (χ1) is 9.36. The Morgan fingerprint density at radius 1 is 1.37 bits per heavy atom. The van der Waals surface area contributed by atoms with E-state index in [1.165, 1.54) is 11.1 Å². The predicted molar refractivity (Wildman–Crippen MR) is 76.3 cm³/mol. The zero-order chi connectivity index (χ0) is 13.1. The van der Waals surface area contributed by atoms with E-state index in [9.17, 15) is 0 Å². The van der Waals surface area contributed by atoms with Crippen LogP contribution in [-0.2, 0) is 17.7 Å². The third kappa shape index (κ3) is 2.73. The smallest absolute Gasteiger partial charge is 0.287 e. The molecule has 0 unspecified atom stereocenters. The van der Waals surface area contributed by atoms with Crippen LogP contribution < -0.4 is 5.32 Å². The van der Waals surface area contributed by atoms with Crippen molar-refractivity contribution < 1.29 is 4.74 Å². The monoisotopic (exact) mass is 259 g/mol. The van der Waals surface area contributed by atoms with E-state index < -0.39 is 0 Å². The highest BCUT2D eigenvalue weighted by molar-refractivity contribution is 5.74. The van der Waals surface area contributed by atoms with Gasteiger partial charge in [-0.05, 0) is 30.5 Å². The van der Waals surface area contributed by atoms with Crippen LogP contribution in [0.4, 0.5) is 0 Å². The Morgan fingerprint density at radius 2 is 2.21 bits per heavy atom. The molecule has 1 fully saturated rings. The van der Waals surface area contributed by atoms with Gasteiger partial charge in [0.1, 0.15) is 6.10 Å². The summed E-state index contributed by atoms with van der Waals surface area (Å²) in [4.78, 5) is 6.59. The van der Waals surface area contributed by atoms with Crippen LogP contribution in [0.3, 0.4) is 0 Å². The molecule has 19 heavy (non-hydrogen) atoms. The minimum Gasteiger partial charge on any atom is -0.460 e. The molecule has 0 radical (unpaired) electrons. The normalized spacial score (nSPS) is 23.3. The summed E-state index contributed by atoms with van der Waals surface area (Å²) in [5.74, 6) is 0. The number of aliphatic imine (C=N–C) groups is 1. The molecule has 0 saturated carbocycles. The second-order valence-electron chi connectivity index (χ2n) is 5.18. The van der Waals surface area contributed by atoms with Gasteiger partial charge in [0.2, 0.25) is 0 Å². The largest absolute Gasteiger partial charge is 0.460 e. The maximum Gasteiger partial charge on any atom is 0.287 e. The predicted octanol–water partition coefficient (Wildman–Crippen LogP) is 1.41. The lowest BCUT2D eigenvalue weighted by Gasteiger charge is -2.31. The van der Waals surface area contributed by atoms with Gasteiger partial charge in [0.05, 0.1) is 0 Å². The fourth-order valence-corrected chi connectivity index (χ4v) is 2.81. The number of nitrogens with one attached hydrogen (secondary N) is 1. The summed E-state index contributed by atoms with van der Waals surface area (Å²) < 4.78 is 6.03. The van der Waals surface area contributed by atoms with Crippen LogP contribution in [-0.4, -0.2) is 43.7 Å². The average molecular weight is 259 g/mol. The van der Waals surface area contributed by atoms with Crippen molar-refractivity contribution in [2.24, 2.45) is 4.99 Å². The number of hydrogen-bond acceptors (Lipinski definition) is 3. The molecule has 102 valence electrons. The van der Waals surface area contributed by atoms with E-state index in [0.29, 0.717) is 0 Å². The average Bonchev–Trinajstić information content (AvgIpc) is 2.97. The minimum atomic E-state index is 0.274. The van der Waals surface area contributed by atoms with Crippen LogP contribution in [0.5, 0.6) is 0 Å². The fourth-order valence-electron chi connectivity index (χ4n) is 2.81. The highest BCUT2D eigenvalue weighted by Crippen LogP contribution is 2.19. The van der Waals surface area contributed by atoms with E-state index in [1.54, 1.807) is 0 Å². The first-order valence-corrected chi connectivity index (χ1v) is 7.02. The van der Waals surface area contributed by atoms with Crippen molar-refractivity contribution >= 4 is 6.02 Å². The summed E-state index contributed by atoms with van der Waals surface area (Å²) in [5.41, 5.74) is 2.85. The molecule has 0 aromatic heterocycles. The molecule has 0 aliphatic carbocycles. The van der Waals surface area contributed by atoms with E-state index >= 15 is 0 Å². The van der Waals surface area contributed by atoms with Crippen molar-refractivity contribution in [3.63, 3.8) is 0 Å². The molecule has 2 heterocycles. The van der Waals surface area contributed by atoms with Gasteiger partial charge in [-0.25, -0.2) is 4.99 Å². The molecule has 3 rings (SSSR count). The molecule has 0 bridgehead atoms. The summed E-state index contributed by atoms with van der Waals surface area (Å²) in [6.07, 6.45) is 2.42. The molecule has 1 saturated heterocycles. The number of benzene rings is 1. The SMILES string of the molecule is CN=C(O[C@@H]1CCNC1)N1CCc2ccccc2C1. The second-order valence-corrected chi connectivity index (χ2v) is 5.18. The quantitative estimate of drug-likeness (QED) is 0.612. The van der Waals surface area contributed by atoms with E-state index in [-0.39, 0.29) is 6.10 Å². The van der Waals surface area contributed by atoms with Gasteiger partial charge in [-0.3, -0.25) is 0 Å². The van der Waals surface area contributed by atoms with Gasteiger partial charge >= 0.3 is 0 Å². The summed E-state index contributed by atoms with van der Waals surface area (Å²) in [6, 6.07) is 9.43. The summed E-state index contributed by atoms with van der Waals surface area (Å²) in [5, 5.41) is 3.32. The van der Waals surface area contributed by atoms with Gasteiger partial charge in [0, 0.05) is 26.7 Å². The first kappa shape index (κ1) is 12.5. The molecule has 1 N–H and O–H groups in total. The molecular weight excluding hydrogens is 238 g/mol. The molecule has 2 aliphatic heterocycles. The van der Waals surface area contributed by atoms with E-state index in [2.05, 4.69) is 39.5 Å². The van der Waals surface area contributed by atoms with E-state index in [4.69, 9.17) is 4.74 Å². The third-order valence-corrected chi connectivity index (χ3v) is 3.88. The molecule has 0 amide bonds. The highest BCUT2D eigenvalue weighted by Gasteiger charge is 2.23. The number of ether oxygens (including phenoxy) is 1. The number of rotatable bonds is 1. The van der Waals surface area contributed by atoms with Crippen molar-refractivity contribution in [2.75, 3.05) is 26.7 Å². The number of fused-ring (bicyclic) bond motifs is 1. The first-order valence-electron chi connectivity index (χ1n) is 7.02.